The summed E-state index contributed by atoms with van der Waals surface area (Å²) in [5.74, 6) is 0.229. The standard InChI is InChI=1S/C28H28N4OS/c1-17-8-7-10-25(19(17)3)31-18(2)16-23(20(31)4)27-26(24-9-5-6-15-29-24)30-28(34)32(27)21-11-13-22(33)14-12-21/h5-16,26-27,33H,1-4H3,(H,30,34). The molecule has 2 atom stereocenters. The Bertz CT molecular complexity index is 1360. The summed E-state index contributed by atoms with van der Waals surface area (Å²) in [4.78, 5) is 6.80. The van der Waals surface area contributed by atoms with Crippen molar-refractivity contribution in [3.8, 4) is 11.4 Å². The predicted octanol–water partition coefficient (Wildman–Crippen LogP) is 5.99. The number of thiocarbonyl (C=S) groups is 1. The SMILES string of the molecule is Cc1cccc(-n2c(C)cc(C3C(c4ccccn4)NC(=S)N3c3ccc(O)cc3)c2C)c1C. The van der Waals surface area contributed by atoms with Crippen LogP contribution in [-0.2, 0) is 0 Å². The highest BCUT2D eigenvalue weighted by atomic mass is 32.1. The van der Waals surface area contributed by atoms with Gasteiger partial charge in [-0.05, 0) is 105 Å². The summed E-state index contributed by atoms with van der Waals surface area (Å²) >= 11 is 5.84. The first-order valence-corrected chi connectivity index (χ1v) is 11.8. The van der Waals surface area contributed by atoms with Crippen molar-refractivity contribution in [2.45, 2.75) is 39.8 Å². The average Bonchev–Trinajstić information content (AvgIpc) is 3.32. The van der Waals surface area contributed by atoms with E-state index in [1.165, 1.54) is 33.8 Å². The summed E-state index contributed by atoms with van der Waals surface area (Å²) in [6.07, 6.45) is 1.82. The second kappa shape index (κ2) is 8.61. The second-order valence-corrected chi connectivity index (χ2v) is 9.28. The molecule has 1 aliphatic heterocycles. The molecule has 2 N–H and O–H groups in total. The summed E-state index contributed by atoms with van der Waals surface area (Å²) < 4.78 is 2.34. The molecule has 2 aromatic carbocycles. The fraction of sp³-hybridized carbons (Fsp3) is 0.214. The van der Waals surface area contributed by atoms with Crippen LogP contribution in [0.25, 0.3) is 5.69 Å². The summed E-state index contributed by atoms with van der Waals surface area (Å²) in [6.45, 7) is 8.65. The highest BCUT2D eigenvalue weighted by molar-refractivity contribution is 7.80. The van der Waals surface area contributed by atoms with Gasteiger partial charge in [0.05, 0.1) is 17.8 Å². The van der Waals surface area contributed by atoms with Gasteiger partial charge in [-0.25, -0.2) is 0 Å². The van der Waals surface area contributed by atoms with Crippen LogP contribution in [0.2, 0.25) is 0 Å². The smallest absolute Gasteiger partial charge is 0.174 e. The average molecular weight is 469 g/mol. The number of phenols is 1. The minimum atomic E-state index is -0.116. The van der Waals surface area contributed by atoms with Crippen molar-refractivity contribution >= 4 is 23.0 Å². The van der Waals surface area contributed by atoms with Crippen molar-refractivity contribution in [1.29, 1.82) is 0 Å². The maximum atomic E-state index is 9.86. The Morgan fingerprint density at radius 3 is 2.41 bits per heavy atom. The van der Waals surface area contributed by atoms with Crippen LogP contribution in [0.15, 0.2) is 72.9 Å². The van der Waals surface area contributed by atoms with Crippen LogP contribution < -0.4 is 10.2 Å². The zero-order chi connectivity index (χ0) is 24.0. The van der Waals surface area contributed by atoms with E-state index in [-0.39, 0.29) is 17.8 Å². The van der Waals surface area contributed by atoms with Crippen LogP contribution in [0, 0.1) is 27.7 Å². The van der Waals surface area contributed by atoms with Crippen LogP contribution in [0.5, 0.6) is 5.75 Å². The number of benzene rings is 2. The van der Waals surface area contributed by atoms with Crippen molar-refractivity contribution in [2.24, 2.45) is 0 Å². The number of aromatic nitrogens is 2. The van der Waals surface area contributed by atoms with Gasteiger partial charge in [-0.1, -0.05) is 18.2 Å². The fourth-order valence-corrected chi connectivity index (χ4v) is 5.34. The van der Waals surface area contributed by atoms with E-state index < -0.39 is 0 Å². The molecule has 34 heavy (non-hydrogen) atoms. The molecule has 1 saturated heterocycles. The van der Waals surface area contributed by atoms with Gasteiger partial charge in [0.15, 0.2) is 5.11 Å². The maximum absolute atomic E-state index is 9.86. The molecule has 0 bridgehead atoms. The van der Waals surface area contributed by atoms with E-state index in [9.17, 15) is 5.11 Å². The quantitative estimate of drug-likeness (QED) is 0.361. The van der Waals surface area contributed by atoms with Crippen molar-refractivity contribution in [3.63, 3.8) is 0 Å². The zero-order valence-corrected chi connectivity index (χ0v) is 20.6. The van der Waals surface area contributed by atoms with E-state index in [0.29, 0.717) is 5.11 Å². The molecule has 1 aliphatic rings. The Labute approximate surface area is 205 Å². The fourth-order valence-electron chi connectivity index (χ4n) is 5.00. The second-order valence-electron chi connectivity index (χ2n) is 8.89. The lowest BCUT2D eigenvalue weighted by molar-refractivity contribution is 0.475. The van der Waals surface area contributed by atoms with Gasteiger partial charge in [-0.2, -0.15) is 0 Å². The predicted molar refractivity (Wildman–Crippen MR) is 141 cm³/mol. The van der Waals surface area contributed by atoms with Crippen molar-refractivity contribution in [2.75, 3.05) is 4.90 Å². The summed E-state index contributed by atoms with van der Waals surface area (Å²) in [5, 5.41) is 14.0. The number of phenolic OH excluding ortho intramolecular Hbond substituents is 1. The van der Waals surface area contributed by atoms with Crippen LogP contribution in [0.1, 0.15) is 45.9 Å². The van der Waals surface area contributed by atoms with Crippen LogP contribution in [0.3, 0.4) is 0 Å². The molecule has 0 spiro atoms. The van der Waals surface area contributed by atoms with Gasteiger partial charge in [0.2, 0.25) is 0 Å². The topological polar surface area (TPSA) is 53.3 Å². The monoisotopic (exact) mass is 468 g/mol. The number of nitrogens with zero attached hydrogens (tertiary/aromatic N) is 3. The minimum absolute atomic E-state index is 0.1000. The summed E-state index contributed by atoms with van der Waals surface area (Å²) in [6, 6.07) is 21.7. The molecule has 172 valence electrons. The van der Waals surface area contributed by atoms with Crippen molar-refractivity contribution in [1.82, 2.24) is 14.9 Å². The summed E-state index contributed by atoms with van der Waals surface area (Å²) in [7, 11) is 0. The number of anilines is 1. The molecule has 2 unspecified atom stereocenters. The highest BCUT2D eigenvalue weighted by Crippen LogP contribution is 2.44. The van der Waals surface area contributed by atoms with Crippen LogP contribution in [-0.4, -0.2) is 19.8 Å². The Morgan fingerprint density at radius 1 is 0.941 bits per heavy atom. The van der Waals surface area contributed by atoms with E-state index in [2.05, 4.69) is 71.7 Å². The lowest BCUT2D eigenvalue weighted by Gasteiger charge is -2.28. The molecular formula is C28H28N4OS. The first kappa shape index (κ1) is 22.2. The van der Waals surface area contributed by atoms with Gasteiger partial charge in [-0.3, -0.25) is 4.98 Å². The molecule has 0 radical (unpaired) electrons. The first-order valence-electron chi connectivity index (χ1n) is 11.4. The van der Waals surface area contributed by atoms with Gasteiger partial charge in [0, 0.05) is 29.0 Å². The Hall–Kier alpha value is -3.64. The van der Waals surface area contributed by atoms with E-state index in [0.717, 1.165) is 11.4 Å². The number of hydrogen-bond acceptors (Lipinski definition) is 3. The van der Waals surface area contributed by atoms with Crippen molar-refractivity contribution in [3.05, 3.63) is 107 Å². The minimum Gasteiger partial charge on any atom is -0.508 e. The number of aromatic hydroxyl groups is 1. The molecule has 4 aromatic rings. The first-order chi connectivity index (χ1) is 16.4. The molecule has 0 amide bonds. The number of hydrogen-bond donors (Lipinski definition) is 2. The molecule has 0 saturated carbocycles. The lowest BCUT2D eigenvalue weighted by Crippen LogP contribution is -2.29. The third kappa shape index (κ3) is 3.64. The third-order valence-corrected chi connectivity index (χ3v) is 7.15. The van der Waals surface area contributed by atoms with Crippen molar-refractivity contribution < 1.29 is 5.11 Å². The van der Waals surface area contributed by atoms with Gasteiger partial charge in [-0.15, -0.1) is 0 Å². The lowest BCUT2D eigenvalue weighted by atomic mass is 9.96. The highest BCUT2D eigenvalue weighted by Gasteiger charge is 2.42. The number of nitrogens with one attached hydrogen (secondary N) is 1. The molecule has 3 heterocycles. The number of pyridine rings is 1. The molecular weight excluding hydrogens is 440 g/mol. The van der Waals surface area contributed by atoms with E-state index in [4.69, 9.17) is 12.2 Å². The Balaban J connectivity index is 1.70. The number of aryl methyl sites for hydroxylation is 2. The zero-order valence-electron chi connectivity index (χ0n) is 19.8. The number of rotatable bonds is 4. The van der Waals surface area contributed by atoms with E-state index >= 15 is 0 Å². The Kier molecular flexibility index (Phi) is 5.62. The third-order valence-electron chi connectivity index (χ3n) is 6.83. The molecule has 5 rings (SSSR count). The van der Waals surface area contributed by atoms with Crippen LogP contribution >= 0.6 is 12.2 Å². The molecule has 1 fully saturated rings. The van der Waals surface area contributed by atoms with Gasteiger partial charge >= 0.3 is 0 Å². The maximum Gasteiger partial charge on any atom is 0.174 e. The van der Waals surface area contributed by atoms with E-state index in [1.54, 1.807) is 12.1 Å². The van der Waals surface area contributed by atoms with Gasteiger partial charge in [0.25, 0.3) is 0 Å². The van der Waals surface area contributed by atoms with Gasteiger partial charge in [0.1, 0.15) is 5.75 Å². The Morgan fingerprint density at radius 2 is 1.71 bits per heavy atom. The van der Waals surface area contributed by atoms with Crippen LogP contribution in [0.4, 0.5) is 5.69 Å². The molecule has 0 aliphatic carbocycles. The van der Waals surface area contributed by atoms with E-state index in [1.807, 2.05) is 36.5 Å². The molecule has 5 nitrogen and oxygen atoms in total. The molecule has 2 aromatic heterocycles. The summed E-state index contributed by atoms with van der Waals surface area (Å²) in [5.41, 5.74) is 9.13. The van der Waals surface area contributed by atoms with Gasteiger partial charge < -0.3 is 19.9 Å². The largest absolute Gasteiger partial charge is 0.508 e. The molecule has 6 heteroatoms. The normalized spacial score (nSPS) is 17.8.